The molecule has 0 aliphatic heterocycles. The van der Waals surface area contributed by atoms with E-state index in [2.05, 4.69) is 10.3 Å². The van der Waals surface area contributed by atoms with E-state index in [4.69, 9.17) is 0 Å². The molecule has 1 amide bonds. The standard InChI is InChI=1S/C19H20FN3O2S2/c1-4-12(3)21-16(24)10-27-19-22-14-7-8-26-17(14)18(25)23(19)15-6-5-13(20)9-11(15)2/h5-9,12H,4,10H2,1-3H3,(H,21,24)/t12-/m1/s1. The number of halogens is 1. The topological polar surface area (TPSA) is 64.0 Å². The maximum absolute atomic E-state index is 13.5. The number of rotatable bonds is 6. The molecule has 0 spiro atoms. The van der Waals surface area contributed by atoms with Crippen LogP contribution in [-0.2, 0) is 4.79 Å². The minimum Gasteiger partial charge on any atom is -0.353 e. The summed E-state index contributed by atoms with van der Waals surface area (Å²) in [6.07, 6.45) is 0.842. The van der Waals surface area contributed by atoms with Crippen LogP contribution in [0.1, 0.15) is 25.8 Å². The zero-order valence-corrected chi connectivity index (χ0v) is 16.9. The maximum Gasteiger partial charge on any atom is 0.276 e. The predicted molar refractivity (Wildman–Crippen MR) is 109 cm³/mol. The number of fused-ring (bicyclic) bond motifs is 1. The Kier molecular flexibility index (Phi) is 5.96. The summed E-state index contributed by atoms with van der Waals surface area (Å²) >= 11 is 2.52. The molecular formula is C19H20FN3O2S2. The van der Waals surface area contributed by atoms with E-state index in [0.717, 1.165) is 6.42 Å². The van der Waals surface area contributed by atoms with Crippen LogP contribution >= 0.6 is 23.1 Å². The molecule has 0 aliphatic rings. The number of aromatic nitrogens is 2. The van der Waals surface area contributed by atoms with Gasteiger partial charge >= 0.3 is 0 Å². The lowest BCUT2D eigenvalue weighted by molar-refractivity contribution is -0.119. The third-order valence-corrected chi connectivity index (χ3v) is 6.03. The van der Waals surface area contributed by atoms with Crippen molar-refractivity contribution in [3.8, 4) is 5.69 Å². The fraction of sp³-hybridized carbons (Fsp3) is 0.316. The molecule has 1 atom stereocenters. The van der Waals surface area contributed by atoms with E-state index in [9.17, 15) is 14.0 Å². The third kappa shape index (κ3) is 4.22. The van der Waals surface area contributed by atoms with Crippen molar-refractivity contribution >= 4 is 39.2 Å². The Bertz CT molecular complexity index is 1050. The molecule has 0 bridgehead atoms. The lowest BCUT2D eigenvalue weighted by atomic mass is 10.2. The second-order valence-electron chi connectivity index (χ2n) is 6.27. The van der Waals surface area contributed by atoms with Crippen molar-refractivity contribution in [2.24, 2.45) is 0 Å². The third-order valence-electron chi connectivity index (χ3n) is 4.20. The lowest BCUT2D eigenvalue weighted by Gasteiger charge is -2.15. The number of carbonyl (C=O) groups excluding carboxylic acids is 1. The van der Waals surface area contributed by atoms with Crippen molar-refractivity contribution in [3.05, 3.63) is 51.4 Å². The van der Waals surface area contributed by atoms with Crippen molar-refractivity contribution in [3.63, 3.8) is 0 Å². The number of benzene rings is 1. The van der Waals surface area contributed by atoms with Crippen LogP contribution in [0.15, 0.2) is 39.6 Å². The molecule has 2 aromatic heterocycles. The Balaban J connectivity index is 2.03. The molecule has 142 valence electrons. The fourth-order valence-corrected chi connectivity index (χ4v) is 4.20. The van der Waals surface area contributed by atoms with E-state index in [1.807, 2.05) is 19.2 Å². The number of hydrogen-bond donors (Lipinski definition) is 1. The molecule has 0 fully saturated rings. The quantitative estimate of drug-likeness (QED) is 0.499. The second kappa shape index (κ2) is 8.22. The zero-order chi connectivity index (χ0) is 19.6. The first-order chi connectivity index (χ1) is 12.9. The number of nitrogens with one attached hydrogen (secondary N) is 1. The smallest absolute Gasteiger partial charge is 0.276 e. The molecule has 5 nitrogen and oxygen atoms in total. The lowest BCUT2D eigenvalue weighted by Crippen LogP contribution is -2.33. The van der Waals surface area contributed by atoms with Crippen molar-refractivity contribution in [2.45, 2.75) is 38.4 Å². The van der Waals surface area contributed by atoms with Crippen molar-refractivity contribution in [1.82, 2.24) is 14.9 Å². The van der Waals surface area contributed by atoms with Gasteiger partial charge in [0, 0.05) is 6.04 Å². The molecule has 27 heavy (non-hydrogen) atoms. The monoisotopic (exact) mass is 405 g/mol. The first-order valence-corrected chi connectivity index (χ1v) is 10.5. The van der Waals surface area contributed by atoms with Crippen molar-refractivity contribution in [1.29, 1.82) is 0 Å². The zero-order valence-electron chi connectivity index (χ0n) is 15.3. The summed E-state index contributed by atoms with van der Waals surface area (Å²) in [5.74, 6) is -0.333. The normalized spacial score (nSPS) is 12.3. The van der Waals surface area contributed by atoms with Gasteiger partial charge in [-0.25, -0.2) is 9.37 Å². The molecule has 0 radical (unpaired) electrons. The number of nitrogens with zero attached hydrogens (tertiary/aromatic N) is 2. The molecule has 0 saturated heterocycles. The molecule has 1 N–H and O–H groups in total. The average molecular weight is 406 g/mol. The largest absolute Gasteiger partial charge is 0.353 e. The highest BCUT2D eigenvalue weighted by Gasteiger charge is 2.17. The van der Waals surface area contributed by atoms with Crippen LogP contribution in [0.4, 0.5) is 4.39 Å². The number of carbonyl (C=O) groups is 1. The summed E-state index contributed by atoms with van der Waals surface area (Å²) in [6.45, 7) is 5.68. The van der Waals surface area contributed by atoms with Crippen LogP contribution in [0.5, 0.6) is 0 Å². The van der Waals surface area contributed by atoms with E-state index in [1.54, 1.807) is 19.1 Å². The average Bonchev–Trinajstić information content (AvgIpc) is 3.10. The van der Waals surface area contributed by atoms with Gasteiger partial charge in [-0.3, -0.25) is 14.2 Å². The molecule has 8 heteroatoms. The van der Waals surface area contributed by atoms with Gasteiger partial charge in [0.1, 0.15) is 10.5 Å². The van der Waals surface area contributed by atoms with Gasteiger partial charge in [0.15, 0.2) is 5.16 Å². The Morgan fingerprint density at radius 1 is 1.41 bits per heavy atom. The van der Waals surface area contributed by atoms with E-state index >= 15 is 0 Å². The number of amides is 1. The number of aryl methyl sites for hydroxylation is 1. The van der Waals surface area contributed by atoms with Gasteiger partial charge in [0.2, 0.25) is 5.91 Å². The molecule has 2 heterocycles. The summed E-state index contributed by atoms with van der Waals surface area (Å²) in [4.78, 5) is 29.8. The minimum atomic E-state index is -0.364. The van der Waals surface area contributed by atoms with E-state index in [1.165, 1.54) is 39.8 Å². The van der Waals surface area contributed by atoms with Gasteiger partial charge in [-0.05, 0) is 55.5 Å². The van der Waals surface area contributed by atoms with E-state index < -0.39 is 0 Å². The molecule has 0 aliphatic carbocycles. The number of thiophene rings is 1. The summed E-state index contributed by atoms with van der Waals surface area (Å²) in [6, 6.07) is 6.14. The summed E-state index contributed by atoms with van der Waals surface area (Å²) in [7, 11) is 0. The van der Waals surface area contributed by atoms with Crippen molar-refractivity contribution < 1.29 is 9.18 Å². The van der Waals surface area contributed by atoms with Crippen molar-refractivity contribution in [2.75, 3.05) is 5.75 Å². The molecular weight excluding hydrogens is 385 g/mol. The van der Waals surface area contributed by atoms with Crippen LogP contribution in [-0.4, -0.2) is 27.3 Å². The van der Waals surface area contributed by atoms with Crippen LogP contribution in [0.2, 0.25) is 0 Å². The Labute approximate surface area is 164 Å². The van der Waals surface area contributed by atoms with Crippen LogP contribution in [0, 0.1) is 12.7 Å². The highest BCUT2D eigenvalue weighted by Crippen LogP contribution is 2.25. The van der Waals surface area contributed by atoms with Crippen LogP contribution < -0.4 is 10.9 Å². The van der Waals surface area contributed by atoms with Gasteiger partial charge in [-0.2, -0.15) is 0 Å². The van der Waals surface area contributed by atoms with Gasteiger partial charge < -0.3 is 5.32 Å². The van der Waals surface area contributed by atoms with Gasteiger partial charge in [0.25, 0.3) is 5.56 Å². The minimum absolute atomic E-state index is 0.0898. The summed E-state index contributed by atoms with van der Waals surface area (Å²) < 4.78 is 15.5. The Morgan fingerprint density at radius 2 is 2.19 bits per heavy atom. The molecule has 3 rings (SSSR count). The van der Waals surface area contributed by atoms with Gasteiger partial charge in [-0.1, -0.05) is 18.7 Å². The summed E-state index contributed by atoms with van der Waals surface area (Å²) in [5, 5.41) is 5.13. The molecule has 0 unspecified atom stereocenters. The fourth-order valence-electron chi connectivity index (χ4n) is 2.62. The number of thioether (sulfide) groups is 1. The Hall–Kier alpha value is -2.19. The second-order valence-corrected chi connectivity index (χ2v) is 8.12. The highest BCUT2D eigenvalue weighted by atomic mass is 32.2. The van der Waals surface area contributed by atoms with Gasteiger partial charge in [-0.15, -0.1) is 11.3 Å². The Morgan fingerprint density at radius 3 is 2.89 bits per heavy atom. The van der Waals surface area contributed by atoms with Crippen LogP contribution in [0.3, 0.4) is 0 Å². The number of hydrogen-bond acceptors (Lipinski definition) is 5. The summed E-state index contributed by atoms with van der Waals surface area (Å²) in [5.41, 5.74) is 1.58. The first kappa shape index (κ1) is 19.6. The van der Waals surface area contributed by atoms with Crippen LogP contribution in [0.25, 0.3) is 15.9 Å². The SMILES string of the molecule is CC[C@@H](C)NC(=O)CSc1nc2ccsc2c(=O)n1-c1ccc(F)cc1C. The molecule has 1 aromatic carbocycles. The van der Waals surface area contributed by atoms with Gasteiger partial charge in [0.05, 0.1) is 17.0 Å². The maximum atomic E-state index is 13.5. The molecule has 0 saturated carbocycles. The first-order valence-electron chi connectivity index (χ1n) is 8.59. The molecule has 3 aromatic rings. The van der Waals surface area contributed by atoms with E-state index in [0.29, 0.717) is 26.6 Å². The van der Waals surface area contributed by atoms with E-state index in [-0.39, 0.29) is 29.1 Å². The predicted octanol–water partition coefficient (Wildman–Crippen LogP) is 3.90. The highest BCUT2D eigenvalue weighted by molar-refractivity contribution is 7.99.